The van der Waals surface area contributed by atoms with E-state index in [0.29, 0.717) is 38.9 Å². The van der Waals surface area contributed by atoms with Crippen LogP contribution in [0.4, 0.5) is 8.78 Å². The van der Waals surface area contributed by atoms with Gasteiger partial charge in [-0.05, 0) is 17.7 Å². The Balaban J connectivity index is 0.00000261. The summed E-state index contributed by atoms with van der Waals surface area (Å²) in [5, 5.41) is 0. The fourth-order valence-electron chi connectivity index (χ4n) is 2.88. The van der Waals surface area contributed by atoms with Gasteiger partial charge >= 0.3 is 0 Å². The van der Waals surface area contributed by atoms with Crippen molar-refractivity contribution in [3.63, 3.8) is 0 Å². The molecule has 2 aromatic rings. The van der Waals surface area contributed by atoms with Gasteiger partial charge in [0.2, 0.25) is 10.0 Å². The van der Waals surface area contributed by atoms with Gasteiger partial charge < -0.3 is 4.74 Å². The van der Waals surface area contributed by atoms with Gasteiger partial charge in [-0.15, -0.1) is 12.4 Å². The molecular formula is C18H21ClF2N2O3S. The highest BCUT2D eigenvalue weighted by Crippen LogP contribution is 2.20. The predicted octanol–water partition coefficient (Wildman–Crippen LogP) is 2.74. The van der Waals surface area contributed by atoms with Crippen LogP contribution in [0.15, 0.2) is 53.4 Å². The zero-order valence-corrected chi connectivity index (χ0v) is 16.1. The molecule has 1 fully saturated rings. The number of sulfonamides is 1. The molecule has 1 aliphatic rings. The Morgan fingerprint density at radius 1 is 1.04 bits per heavy atom. The molecule has 5 nitrogen and oxygen atoms in total. The monoisotopic (exact) mass is 418 g/mol. The number of halogens is 3. The summed E-state index contributed by atoms with van der Waals surface area (Å²) in [6, 6.07) is 10.8. The molecule has 0 aliphatic carbocycles. The van der Waals surface area contributed by atoms with Gasteiger partial charge in [-0.2, -0.15) is 0 Å². The number of benzene rings is 2. The van der Waals surface area contributed by atoms with E-state index in [2.05, 4.69) is 9.62 Å². The van der Waals surface area contributed by atoms with E-state index in [9.17, 15) is 17.2 Å². The van der Waals surface area contributed by atoms with E-state index in [1.165, 1.54) is 0 Å². The summed E-state index contributed by atoms with van der Waals surface area (Å²) in [6.45, 7) is 3.00. The Bertz CT molecular complexity index is 827. The van der Waals surface area contributed by atoms with E-state index in [1.807, 2.05) is 30.3 Å². The number of morpholine rings is 1. The molecule has 1 atom stereocenters. The predicted molar refractivity (Wildman–Crippen MR) is 100 cm³/mol. The van der Waals surface area contributed by atoms with E-state index in [0.717, 1.165) is 17.7 Å². The lowest BCUT2D eigenvalue weighted by molar-refractivity contribution is 0.0345. The lowest BCUT2D eigenvalue weighted by Crippen LogP contribution is -2.43. The molecule has 1 saturated heterocycles. The molecule has 148 valence electrons. The molecule has 27 heavy (non-hydrogen) atoms. The minimum absolute atomic E-state index is 0. The molecule has 0 bridgehead atoms. The first-order chi connectivity index (χ1) is 12.4. The number of hydrogen-bond donors (Lipinski definition) is 1. The average molecular weight is 419 g/mol. The van der Waals surface area contributed by atoms with Crippen LogP contribution < -0.4 is 4.72 Å². The Kier molecular flexibility index (Phi) is 7.69. The fraction of sp³-hybridized carbons (Fsp3) is 0.333. The first kappa shape index (κ1) is 21.7. The molecule has 1 heterocycles. The summed E-state index contributed by atoms with van der Waals surface area (Å²) in [6.07, 6.45) is 0. The van der Waals surface area contributed by atoms with Crippen molar-refractivity contribution in [3.05, 3.63) is 65.7 Å². The molecule has 0 aromatic heterocycles. The van der Waals surface area contributed by atoms with Crippen LogP contribution in [0.1, 0.15) is 11.6 Å². The maximum absolute atomic E-state index is 13.4. The molecular weight excluding hydrogens is 398 g/mol. The Morgan fingerprint density at radius 3 is 2.22 bits per heavy atom. The van der Waals surface area contributed by atoms with Gasteiger partial charge in [-0.3, -0.25) is 4.90 Å². The van der Waals surface area contributed by atoms with Gasteiger partial charge in [-0.1, -0.05) is 30.3 Å². The Hall–Kier alpha value is -1.58. The van der Waals surface area contributed by atoms with Gasteiger partial charge in [-0.25, -0.2) is 21.9 Å². The van der Waals surface area contributed by atoms with Gasteiger partial charge in [0.05, 0.1) is 24.2 Å². The second kappa shape index (κ2) is 9.57. The minimum atomic E-state index is -4.09. The van der Waals surface area contributed by atoms with Crippen LogP contribution in [0.25, 0.3) is 0 Å². The number of nitrogens with one attached hydrogen (secondary N) is 1. The largest absolute Gasteiger partial charge is 0.379 e. The molecule has 0 radical (unpaired) electrons. The molecule has 1 N–H and O–H groups in total. The van der Waals surface area contributed by atoms with Crippen LogP contribution in [0.3, 0.4) is 0 Å². The van der Waals surface area contributed by atoms with Crippen molar-refractivity contribution in [3.8, 4) is 0 Å². The summed E-state index contributed by atoms with van der Waals surface area (Å²) in [4.78, 5) is 1.66. The fourth-order valence-corrected chi connectivity index (χ4v) is 4.13. The van der Waals surface area contributed by atoms with Crippen LogP contribution >= 0.6 is 12.4 Å². The molecule has 0 spiro atoms. The highest BCUT2D eigenvalue weighted by atomic mass is 35.5. The van der Waals surface area contributed by atoms with E-state index in [4.69, 9.17) is 4.74 Å². The number of rotatable bonds is 6. The zero-order chi connectivity index (χ0) is 18.6. The van der Waals surface area contributed by atoms with Crippen molar-refractivity contribution in [1.29, 1.82) is 0 Å². The third-order valence-corrected chi connectivity index (χ3v) is 5.64. The standard InChI is InChI=1S/C18H20F2N2O3S.ClH/c19-15-10-16(20)12-17(11-15)26(23,24)21-18(14-4-2-1-3-5-14)13-22-6-8-25-9-7-22;/h1-5,10-12,18,21H,6-9,13H2;1H. The van der Waals surface area contributed by atoms with Crippen LogP contribution in [0.2, 0.25) is 0 Å². The summed E-state index contributed by atoms with van der Waals surface area (Å²) >= 11 is 0. The third-order valence-electron chi connectivity index (χ3n) is 4.19. The lowest BCUT2D eigenvalue weighted by Gasteiger charge is -2.31. The summed E-state index contributed by atoms with van der Waals surface area (Å²) in [5.41, 5.74) is 0.777. The maximum Gasteiger partial charge on any atom is 0.241 e. The molecule has 2 aromatic carbocycles. The maximum atomic E-state index is 13.4. The van der Waals surface area contributed by atoms with Crippen molar-refractivity contribution in [2.45, 2.75) is 10.9 Å². The topological polar surface area (TPSA) is 58.6 Å². The van der Waals surface area contributed by atoms with E-state index >= 15 is 0 Å². The second-order valence-electron chi connectivity index (χ2n) is 6.10. The summed E-state index contributed by atoms with van der Waals surface area (Å²) in [7, 11) is -4.09. The minimum Gasteiger partial charge on any atom is -0.379 e. The average Bonchev–Trinajstić information content (AvgIpc) is 2.62. The first-order valence-electron chi connectivity index (χ1n) is 8.27. The normalized spacial score (nSPS) is 16.5. The molecule has 1 unspecified atom stereocenters. The van der Waals surface area contributed by atoms with Gasteiger partial charge in [0.25, 0.3) is 0 Å². The smallest absolute Gasteiger partial charge is 0.241 e. The van der Waals surface area contributed by atoms with Crippen molar-refractivity contribution in [2.24, 2.45) is 0 Å². The first-order valence-corrected chi connectivity index (χ1v) is 9.76. The number of nitrogens with zero attached hydrogens (tertiary/aromatic N) is 1. The summed E-state index contributed by atoms with van der Waals surface area (Å²) in [5.74, 6) is -1.87. The van der Waals surface area contributed by atoms with Crippen LogP contribution in [-0.4, -0.2) is 46.2 Å². The number of hydrogen-bond acceptors (Lipinski definition) is 4. The van der Waals surface area contributed by atoms with Crippen LogP contribution in [-0.2, 0) is 14.8 Å². The van der Waals surface area contributed by atoms with Crippen molar-refractivity contribution >= 4 is 22.4 Å². The van der Waals surface area contributed by atoms with E-state index in [1.54, 1.807) is 0 Å². The van der Waals surface area contributed by atoms with Gasteiger partial charge in [0.15, 0.2) is 0 Å². The van der Waals surface area contributed by atoms with Gasteiger partial charge in [0, 0.05) is 25.7 Å². The highest BCUT2D eigenvalue weighted by Gasteiger charge is 2.25. The number of ether oxygens (including phenoxy) is 1. The Labute approximate surface area is 163 Å². The molecule has 0 amide bonds. The van der Waals surface area contributed by atoms with Crippen LogP contribution in [0, 0.1) is 11.6 Å². The van der Waals surface area contributed by atoms with Crippen molar-refractivity contribution in [1.82, 2.24) is 9.62 Å². The zero-order valence-electron chi connectivity index (χ0n) is 14.5. The third kappa shape index (κ3) is 5.95. The van der Waals surface area contributed by atoms with Gasteiger partial charge in [0.1, 0.15) is 11.6 Å². The van der Waals surface area contributed by atoms with E-state index < -0.39 is 32.6 Å². The molecule has 9 heteroatoms. The Morgan fingerprint density at radius 2 is 1.63 bits per heavy atom. The molecule has 3 rings (SSSR count). The highest BCUT2D eigenvalue weighted by molar-refractivity contribution is 7.89. The summed E-state index contributed by atoms with van der Waals surface area (Å²) < 4.78 is 60.1. The van der Waals surface area contributed by atoms with Crippen molar-refractivity contribution in [2.75, 3.05) is 32.8 Å². The van der Waals surface area contributed by atoms with E-state index in [-0.39, 0.29) is 12.4 Å². The SMILES string of the molecule is Cl.O=S(=O)(NC(CN1CCOCC1)c1ccccc1)c1cc(F)cc(F)c1. The second-order valence-corrected chi connectivity index (χ2v) is 7.82. The van der Waals surface area contributed by atoms with Crippen LogP contribution in [0.5, 0.6) is 0 Å². The quantitative estimate of drug-likeness (QED) is 0.783. The molecule has 1 aliphatic heterocycles. The molecule has 0 saturated carbocycles. The van der Waals surface area contributed by atoms with Crippen molar-refractivity contribution < 1.29 is 21.9 Å². The lowest BCUT2D eigenvalue weighted by atomic mass is 10.1.